The molecule has 0 spiro atoms. The molecule has 1 atom stereocenters. The monoisotopic (exact) mass is 314 g/mol. The highest BCUT2D eigenvalue weighted by atomic mass is 35.5. The third kappa shape index (κ3) is 4.11. The van der Waals surface area contributed by atoms with Crippen LogP contribution in [0.2, 0.25) is 10.0 Å². The van der Waals surface area contributed by atoms with E-state index in [9.17, 15) is 0 Å². The van der Waals surface area contributed by atoms with Gasteiger partial charge in [0.05, 0.1) is 10.0 Å². The van der Waals surface area contributed by atoms with E-state index in [0.717, 1.165) is 37.6 Å². The zero-order valence-electron chi connectivity index (χ0n) is 12.2. The van der Waals surface area contributed by atoms with Gasteiger partial charge in [-0.3, -0.25) is 4.90 Å². The first-order valence-corrected chi connectivity index (χ1v) is 8.38. The van der Waals surface area contributed by atoms with Gasteiger partial charge in [0.1, 0.15) is 0 Å². The molecule has 2 nitrogen and oxygen atoms in total. The minimum Gasteiger partial charge on any atom is -0.314 e. The fourth-order valence-electron chi connectivity index (χ4n) is 2.89. The molecule has 4 heteroatoms. The third-order valence-electron chi connectivity index (χ3n) is 4.01. The van der Waals surface area contributed by atoms with Gasteiger partial charge in [0.15, 0.2) is 0 Å². The van der Waals surface area contributed by atoms with Crippen LogP contribution in [-0.4, -0.2) is 31.1 Å². The smallest absolute Gasteiger partial charge is 0.0640 e. The lowest BCUT2D eigenvalue weighted by Gasteiger charge is -2.36. The summed E-state index contributed by atoms with van der Waals surface area (Å²) in [5.41, 5.74) is 1.19. The Hall–Kier alpha value is -0.280. The summed E-state index contributed by atoms with van der Waals surface area (Å²) in [5.74, 6) is 0. The van der Waals surface area contributed by atoms with Gasteiger partial charge < -0.3 is 5.32 Å². The second-order valence-corrected chi connectivity index (χ2v) is 6.23. The summed E-state index contributed by atoms with van der Waals surface area (Å²) in [6.07, 6.45) is 4.93. The first-order chi connectivity index (χ1) is 9.74. The minimum absolute atomic E-state index is 0.398. The highest BCUT2D eigenvalue weighted by Gasteiger charge is 2.24. The number of benzene rings is 1. The van der Waals surface area contributed by atoms with Crippen LogP contribution in [0.15, 0.2) is 18.2 Å². The number of hydrogen-bond donors (Lipinski definition) is 1. The number of nitrogens with one attached hydrogen (secondary N) is 1. The number of unbranched alkanes of at least 4 members (excludes halogenated alkanes) is 2. The van der Waals surface area contributed by atoms with Crippen LogP contribution in [0.4, 0.5) is 0 Å². The maximum Gasteiger partial charge on any atom is 0.0640 e. The molecule has 1 aliphatic rings. The van der Waals surface area contributed by atoms with Gasteiger partial charge >= 0.3 is 0 Å². The number of nitrogens with zero attached hydrogens (tertiary/aromatic N) is 1. The van der Waals surface area contributed by atoms with Crippen LogP contribution >= 0.6 is 23.2 Å². The van der Waals surface area contributed by atoms with Crippen LogP contribution in [0.25, 0.3) is 0 Å². The Morgan fingerprint density at radius 2 is 1.95 bits per heavy atom. The Kier molecular flexibility index (Phi) is 6.63. The number of hydrogen-bond acceptors (Lipinski definition) is 2. The SMILES string of the molecule is CCCCC[C@@H](c1cccc(Cl)c1Cl)N1CCNCC1. The molecule has 1 aliphatic heterocycles. The van der Waals surface area contributed by atoms with Crippen LogP contribution in [-0.2, 0) is 0 Å². The first kappa shape index (κ1) is 16.1. The lowest BCUT2D eigenvalue weighted by atomic mass is 9.98. The standard InChI is InChI=1S/C16H24Cl2N2/c1-2-3-4-8-15(20-11-9-19-10-12-20)13-6-5-7-14(17)16(13)18/h5-7,15,19H,2-4,8-12H2,1H3/t15-/m0/s1. The van der Waals surface area contributed by atoms with Crippen LogP contribution < -0.4 is 5.32 Å². The van der Waals surface area contributed by atoms with E-state index in [1.807, 2.05) is 12.1 Å². The molecule has 0 aliphatic carbocycles. The fourth-order valence-corrected chi connectivity index (χ4v) is 3.33. The van der Waals surface area contributed by atoms with E-state index in [-0.39, 0.29) is 0 Å². The molecule has 0 bridgehead atoms. The van der Waals surface area contributed by atoms with E-state index >= 15 is 0 Å². The molecule has 1 aromatic carbocycles. The second kappa shape index (κ2) is 8.23. The Morgan fingerprint density at radius 1 is 1.20 bits per heavy atom. The maximum atomic E-state index is 6.45. The highest BCUT2D eigenvalue weighted by molar-refractivity contribution is 6.42. The average Bonchev–Trinajstić information content (AvgIpc) is 2.48. The summed E-state index contributed by atoms with van der Waals surface area (Å²) in [7, 11) is 0. The topological polar surface area (TPSA) is 15.3 Å². The third-order valence-corrected chi connectivity index (χ3v) is 4.85. The predicted molar refractivity (Wildman–Crippen MR) is 87.8 cm³/mol. The van der Waals surface area contributed by atoms with Gasteiger partial charge in [-0.25, -0.2) is 0 Å². The predicted octanol–water partition coefficient (Wildman–Crippen LogP) is 4.52. The molecule has 0 aromatic heterocycles. The van der Waals surface area contributed by atoms with Crippen molar-refractivity contribution in [2.24, 2.45) is 0 Å². The number of halogens is 2. The summed E-state index contributed by atoms with van der Waals surface area (Å²) >= 11 is 12.6. The van der Waals surface area contributed by atoms with Gasteiger partial charge in [0.25, 0.3) is 0 Å². The normalized spacial score (nSPS) is 18.1. The second-order valence-electron chi connectivity index (χ2n) is 5.44. The molecule has 0 saturated carbocycles. The van der Waals surface area contributed by atoms with Crippen molar-refractivity contribution >= 4 is 23.2 Å². The molecular formula is C16H24Cl2N2. The Labute approximate surface area is 132 Å². The molecule has 20 heavy (non-hydrogen) atoms. The van der Waals surface area contributed by atoms with Gasteiger partial charge in [0, 0.05) is 32.2 Å². The summed E-state index contributed by atoms with van der Waals surface area (Å²) in [4.78, 5) is 2.55. The molecule has 112 valence electrons. The summed E-state index contributed by atoms with van der Waals surface area (Å²) in [6, 6.07) is 6.41. The van der Waals surface area contributed by atoms with Gasteiger partial charge in [-0.2, -0.15) is 0 Å². The van der Waals surface area contributed by atoms with Crippen molar-refractivity contribution in [1.29, 1.82) is 0 Å². The summed E-state index contributed by atoms with van der Waals surface area (Å²) < 4.78 is 0. The molecule has 2 rings (SSSR count). The van der Waals surface area contributed by atoms with Crippen molar-refractivity contribution in [3.63, 3.8) is 0 Å². The lowest BCUT2D eigenvalue weighted by Crippen LogP contribution is -2.45. The highest BCUT2D eigenvalue weighted by Crippen LogP contribution is 2.35. The van der Waals surface area contributed by atoms with Gasteiger partial charge in [-0.1, -0.05) is 61.5 Å². The van der Waals surface area contributed by atoms with Crippen LogP contribution in [0.3, 0.4) is 0 Å². The minimum atomic E-state index is 0.398. The van der Waals surface area contributed by atoms with Crippen molar-refractivity contribution in [2.75, 3.05) is 26.2 Å². The van der Waals surface area contributed by atoms with Crippen LogP contribution in [0.5, 0.6) is 0 Å². The quantitative estimate of drug-likeness (QED) is 0.777. The van der Waals surface area contributed by atoms with E-state index in [1.54, 1.807) is 0 Å². The Morgan fingerprint density at radius 3 is 2.65 bits per heavy atom. The molecular weight excluding hydrogens is 291 g/mol. The first-order valence-electron chi connectivity index (χ1n) is 7.62. The molecule has 1 N–H and O–H groups in total. The van der Waals surface area contributed by atoms with E-state index in [0.29, 0.717) is 11.1 Å². The van der Waals surface area contributed by atoms with Crippen molar-refractivity contribution in [3.8, 4) is 0 Å². The molecule has 1 heterocycles. The van der Waals surface area contributed by atoms with Crippen molar-refractivity contribution < 1.29 is 0 Å². The number of piperazine rings is 1. The van der Waals surface area contributed by atoms with Crippen LogP contribution in [0.1, 0.15) is 44.2 Å². The van der Waals surface area contributed by atoms with Crippen molar-refractivity contribution in [3.05, 3.63) is 33.8 Å². The van der Waals surface area contributed by atoms with E-state index in [4.69, 9.17) is 23.2 Å². The summed E-state index contributed by atoms with van der Waals surface area (Å²) in [5, 5.41) is 4.81. The summed E-state index contributed by atoms with van der Waals surface area (Å²) in [6.45, 7) is 6.52. The molecule has 1 fully saturated rings. The largest absolute Gasteiger partial charge is 0.314 e. The molecule has 0 unspecified atom stereocenters. The van der Waals surface area contributed by atoms with E-state index < -0.39 is 0 Å². The van der Waals surface area contributed by atoms with E-state index in [2.05, 4.69) is 23.2 Å². The van der Waals surface area contributed by atoms with Gasteiger partial charge in [0.2, 0.25) is 0 Å². The Bertz CT molecular complexity index is 417. The molecule has 0 amide bonds. The number of rotatable bonds is 6. The molecule has 1 saturated heterocycles. The van der Waals surface area contributed by atoms with Crippen LogP contribution in [0, 0.1) is 0 Å². The Balaban J connectivity index is 2.17. The van der Waals surface area contributed by atoms with E-state index in [1.165, 1.54) is 24.8 Å². The van der Waals surface area contributed by atoms with Gasteiger partial charge in [-0.05, 0) is 18.1 Å². The van der Waals surface area contributed by atoms with Crippen molar-refractivity contribution in [2.45, 2.75) is 38.6 Å². The molecule has 1 aromatic rings. The van der Waals surface area contributed by atoms with Crippen molar-refractivity contribution in [1.82, 2.24) is 10.2 Å². The lowest BCUT2D eigenvalue weighted by molar-refractivity contribution is 0.163. The van der Waals surface area contributed by atoms with Gasteiger partial charge in [-0.15, -0.1) is 0 Å². The fraction of sp³-hybridized carbons (Fsp3) is 0.625. The average molecular weight is 315 g/mol. The maximum absolute atomic E-state index is 6.45. The zero-order chi connectivity index (χ0) is 14.4. The molecule has 0 radical (unpaired) electrons. The zero-order valence-corrected chi connectivity index (χ0v) is 13.7.